The number of allylic oxidation sites excluding steroid dienone is 4. The van der Waals surface area contributed by atoms with Gasteiger partial charge in [0.25, 0.3) is 0 Å². The Morgan fingerprint density at radius 1 is 1.11 bits per heavy atom. The first-order chi connectivity index (χ1) is 8.54. The zero-order chi connectivity index (χ0) is 15.0. The molecule has 1 aliphatic rings. The summed E-state index contributed by atoms with van der Waals surface area (Å²) >= 11 is 0. The van der Waals surface area contributed by atoms with Crippen molar-refractivity contribution in [2.24, 2.45) is 17.3 Å². The molecular weight excluding hydrogens is 256 g/mol. The molecule has 0 bridgehead atoms. The van der Waals surface area contributed by atoms with Crippen molar-refractivity contribution in [3.63, 3.8) is 0 Å². The summed E-state index contributed by atoms with van der Waals surface area (Å²) in [5.74, 6) is -4.64. The first-order valence-electron chi connectivity index (χ1n) is 6.62. The van der Waals surface area contributed by atoms with Crippen molar-refractivity contribution >= 4 is 0 Å². The highest BCUT2D eigenvalue weighted by Crippen LogP contribution is 2.44. The molecule has 1 rings (SSSR count). The lowest BCUT2D eigenvalue weighted by Gasteiger charge is -2.33. The van der Waals surface area contributed by atoms with Crippen LogP contribution >= 0.6 is 0 Å². The fraction of sp³-hybridized carbons (Fsp3) is 0.733. The van der Waals surface area contributed by atoms with Gasteiger partial charge in [0.15, 0.2) is 11.7 Å². The molecule has 4 heteroatoms. The van der Waals surface area contributed by atoms with Crippen LogP contribution in [0.2, 0.25) is 0 Å². The van der Waals surface area contributed by atoms with Gasteiger partial charge < -0.3 is 0 Å². The van der Waals surface area contributed by atoms with E-state index >= 15 is 0 Å². The van der Waals surface area contributed by atoms with Crippen molar-refractivity contribution in [2.45, 2.75) is 53.6 Å². The Morgan fingerprint density at radius 2 is 1.63 bits per heavy atom. The highest BCUT2D eigenvalue weighted by atomic mass is 19.2. The van der Waals surface area contributed by atoms with Gasteiger partial charge in [-0.15, -0.1) is 0 Å². The Morgan fingerprint density at radius 3 is 2.05 bits per heavy atom. The Bertz CT molecular complexity index is 399. The number of rotatable bonds is 3. The Kier molecular flexibility index (Phi) is 4.86. The molecule has 0 saturated carbocycles. The zero-order valence-corrected chi connectivity index (χ0v) is 12.2. The normalized spacial score (nSPS) is 23.4. The van der Waals surface area contributed by atoms with Gasteiger partial charge in [0.2, 0.25) is 0 Å². The monoisotopic (exact) mass is 278 g/mol. The molecule has 0 radical (unpaired) electrons. The first kappa shape index (κ1) is 16.3. The third kappa shape index (κ3) is 3.83. The van der Waals surface area contributed by atoms with Gasteiger partial charge in [0.05, 0.1) is 0 Å². The molecule has 1 aliphatic carbocycles. The maximum atomic E-state index is 14.0. The topological polar surface area (TPSA) is 0 Å². The molecule has 2 unspecified atom stereocenters. The van der Waals surface area contributed by atoms with E-state index in [1.165, 1.54) is 0 Å². The molecule has 0 heterocycles. The van der Waals surface area contributed by atoms with E-state index in [-0.39, 0.29) is 16.9 Å². The zero-order valence-electron chi connectivity index (χ0n) is 12.2. The summed E-state index contributed by atoms with van der Waals surface area (Å²) in [5.41, 5.74) is -0.346. The summed E-state index contributed by atoms with van der Waals surface area (Å²) in [6.45, 7) is 9.57. The third-order valence-electron chi connectivity index (χ3n) is 3.42. The minimum Gasteiger partial charge on any atom is -0.242 e. The highest BCUT2D eigenvalue weighted by Gasteiger charge is 2.37. The second kappa shape index (κ2) is 5.68. The molecule has 19 heavy (non-hydrogen) atoms. The Hall–Kier alpha value is -0.800. The molecule has 0 N–H and O–H groups in total. The van der Waals surface area contributed by atoms with Crippen molar-refractivity contribution in [2.75, 3.05) is 0 Å². The molecule has 0 nitrogen and oxygen atoms in total. The molecular formula is C15H22F4. The number of alkyl halides is 1. The van der Waals surface area contributed by atoms with Gasteiger partial charge >= 0.3 is 0 Å². The van der Waals surface area contributed by atoms with Crippen molar-refractivity contribution in [1.29, 1.82) is 0 Å². The average molecular weight is 278 g/mol. The average Bonchev–Trinajstić information content (AvgIpc) is 2.23. The SMILES string of the molecule is CC(C)C(CC(C)(C)C)C1=C(F)C(F)=C(F)CC1F. The van der Waals surface area contributed by atoms with E-state index < -0.39 is 36.0 Å². The van der Waals surface area contributed by atoms with Gasteiger partial charge in [-0.2, -0.15) is 0 Å². The van der Waals surface area contributed by atoms with Crippen LogP contribution in [-0.4, -0.2) is 6.17 Å². The van der Waals surface area contributed by atoms with E-state index in [0.29, 0.717) is 6.42 Å². The summed E-state index contributed by atoms with van der Waals surface area (Å²) in [4.78, 5) is 0. The van der Waals surface area contributed by atoms with Crippen molar-refractivity contribution in [3.8, 4) is 0 Å². The summed E-state index contributed by atoms with van der Waals surface area (Å²) in [7, 11) is 0. The van der Waals surface area contributed by atoms with Crippen LogP contribution < -0.4 is 0 Å². The molecule has 2 atom stereocenters. The van der Waals surface area contributed by atoms with Crippen molar-refractivity contribution in [3.05, 3.63) is 23.1 Å². The summed E-state index contributed by atoms with van der Waals surface area (Å²) in [6.07, 6.45) is -1.93. The van der Waals surface area contributed by atoms with Gasteiger partial charge in [-0.25, -0.2) is 17.6 Å². The smallest absolute Gasteiger partial charge is 0.190 e. The van der Waals surface area contributed by atoms with E-state index in [1.54, 1.807) is 0 Å². The lowest BCUT2D eigenvalue weighted by Crippen LogP contribution is -2.27. The molecule has 0 aromatic rings. The minimum absolute atomic E-state index is 0.0350. The molecule has 0 spiro atoms. The Labute approximate surface area is 112 Å². The van der Waals surface area contributed by atoms with Gasteiger partial charge in [-0.05, 0) is 23.7 Å². The second-order valence-corrected chi connectivity index (χ2v) is 6.78. The summed E-state index contributed by atoms with van der Waals surface area (Å²) < 4.78 is 54.3. The number of hydrogen-bond acceptors (Lipinski definition) is 0. The van der Waals surface area contributed by atoms with Crippen LogP contribution in [0.5, 0.6) is 0 Å². The van der Waals surface area contributed by atoms with Crippen molar-refractivity contribution < 1.29 is 17.6 Å². The van der Waals surface area contributed by atoms with E-state index in [4.69, 9.17) is 0 Å². The standard InChI is InChI=1S/C15H22F4/c1-8(2)9(7-15(3,4)5)12-10(16)6-11(17)13(18)14(12)19/h8-10H,6-7H2,1-5H3. The van der Waals surface area contributed by atoms with E-state index in [2.05, 4.69) is 0 Å². The predicted octanol–water partition coefficient (Wildman–Crippen LogP) is 5.81. The van der Waals surface area contributed by atoms with Gasteiger partial charge in [-0.3, -0.25) is 0 Å². The van der Waals surface area contributed by atoms with Crippen LogP contribution in [0.1, 0.15) is 47.5 Å². The minimum atomic E-state index is -1.77. The van der Waals surface area contributed by atoms with Crippen LogP contribution in [0, 0.1) is 17.3 Å². The molecule has 110 valence electrons. The third-order valence-corrected chi connectivity index (χ3v) is 3.42. The maximum Gasteiger partial charge on any atom is 0.190 e. The highest BCUT2D eigenvalue weighted by molar-refractivity contribution is 5.36. The maximum absolute atomic E-state index is 14.0. The lowest BCUT2D eigenvalue weighted by atomic mass is 9.73. The van der Waals surface area contributed by atoms with E-state index in [9.17, 15) is 17.6 Å². The van der Waals surface area contributed by atoms with E-state index in [1.807, 2.05) is 34.6 Å². The largest absolute Gasteiger partial charge is 0.242 e. The van der Waals surface area contributed by atoms with Gasteiger partial charge in [-0.1, -0.05) is 34.6 Å². The second-order valence-electron chi connectivity index (χ2n) is 6.78. The van der Waals surface area contributed by atoms with Gasteiger partial charge in [0, 0.05) is 12.0 Å². The fourth-order valence-electron chi connectivity index (χ4n) is 2.50. The quantitative estimate of drug-likeness (QED) is 0.571. The number of halogens is 4. The molecule has 0 aromatic heterocycles. The Balaban J connectivity index is 3.21. The van der Waals surface area contributed by atoms with Crippen LogP contribution in [0.15, 0.2) is 23.1 Å². The van der Waals surface area contributed by atoms with Crippen molar-refractivity contribution in [1.82, 2.24) is 0 Å². The molecule has 0 fully saturated rings. The summed E-state index contributed by atoms with van der Waals surface area (Å²) in [5, 5.41) is 0. The fourth-order valence-corrected chi connectivity index (χ4v) is 2.50. The first-order valence-corrected chi connectivity index (χ1v) is 6.62. The molecule has 0 aliphatic heterocycles. The number of hydrogen-bond donors (Lipinski definition) is 0. The predicted molar refractivity (Wildman–Crippen MR) is 69.3 cm³/mol. The lowest BCUT2D eigenvalue weighted by molar-refractivity contribution is 0.222. The van der Waals surface area contributed by atoms with Crippen LogP contribution in [0.25, 0.3) is 0 Å². The molecule has 0 saturated heterocycles. The van der Waals surface area contributed by atoms with Gasteiger partial charge in [0.1, 0.15) is 12.0 Å². The van der Waals surface area contributed by atoms with Crippen LogP contribution in [-0.2, 0) is 0 Å². The van der Waals surface area contributed by atoms with Crippen LogP contribution in [0.3, 0.4) is 0 Å². The van der Waals surface area contributed by atoms with E-state index in [0.717, 1.165) is 0 Å². The molecule has 0 amide bonds. The summed E-state index contributed by atoms with van der Waals surface area (Å²) in [6, 6.07) is 0. The molecule has 0 aromatic carbocycles. The van der Waals surface area contributed by atoms with Crippen LogP contribution in [0.4, 0.5) is 17.6 Å².